The molecule has 0 saturated heterocycles. The minimum Gasteiger partial charge on any atom is -0.211 e. The van der Waals surface area contributed by atoms with E-state index in [1.165, 1.54) is 0 Å². The summed E-state index contributed by atoms with van der Waals surface area (Å²) in [5.74, 6) is 0.781. The van der Waals surface area contributed by atoms with Crippen molar-refractivity contribution in [1.29, 1.82) is 5.26 Å². The standard InChI is InChI=1S/C10H18N2O2S/c1-8-3-4-10(7-9(8)2)12-15(13,14)6-5-11/h8-10,12H,3-4,6-7H2,1-2H3. The number of nitriles is 1. The first-order valence-electron chi connectivity index (χ1n) is 5.31. The zero-order valence-corrected chi connectivity index (χ0v) is 10.0. The third kappa shape index (κ3) is 3.80. The minimum atomic E-state index is -3.38. The smallest absolute Gasteiger partial charge is 0.211 e. The van der Waals surface area contributed by atoms with E-state index in [2.05, 4.69) is 18.6 Å². The van der Waals surface area contributed by atoms with Gasteiger partial charge in [-0.3, -0.25) is 0 Å². The second kappa shape index (κ2) is 4.95. The molecule has 1 rings (SSSR count). The van der Waals surface area contributed by atoms with E-state index in [0.717, 1.165) is 19.3 Å². The fourth-order valence-corrected chi connectivity index (χ4v) is 3.01. The SMILES string of the molecule is CC1CCC(NS(=O)(=O)CC#N)CC1C. The quantitative estimate of drug-likeness (QED) is 0.793. The lowest BCUT2D eigenvalue weighted by atomic mass is 9.79. The summed E-state index contributed by atoms with van der Waals surface area (Å²) in [6.07, 6.45) is 2.82. The van der Waals surface area contributed by atoms with Gasteiger partial charge in [0.2, 0.25) is 10.0 Å². The fourth-order valence-electron chi connectivity index (χ4n) is 2.04. The first-order valence-corrected chi connectivity index (χ1v) is 6.97. The van der Waals surface area contributed by atoms with Gasteiger partial charge in [-0.1, -0.05) is 13.8 Å². The van der Waals surface area contributed by atoms with Crippen LogP contribution in [-0.2, 0) is 10.0 Å². The number of sulfonamides is 1. The summed E-state index contributed by atoms with van der Waals surface area (Å²) in [6, 6.07) is 1.69. The van der Waals surface area contributed by atoms with Crippen LogP contribution >= 0.6 is 0 Å². The zero-order chi connectivity index (χ0) is 11.5. The van der Waals surface area contributed by atoms with E-state index < -0.39 is 15.8 Å². The molecule has 15 heavy (non-hydrogen) atoms. The lowest BCUT2D eigenvalue weighted by Gasteiger charge is -2.32. The summed E-state index contributed by atoms with van der Waals surface area (Å²) < 4.78 is 25.3. The molecule has 0 aromatic heterocycles. The van der Waals surface area contributed by atoms with Gasteiger partial charge in [0.25, 0.3) is 0 Å². The van der Waals surface area contributed by atoms with Crippen LogP contribution in [0.5, 0.6) is 0 Å². The zero-order valence-electron chi connectivity index (χ0n) is 9.23. The average Bonchev–Trinajstić information content (AvgIpc) is 2.10. The fraction of sp³-hybridized carbons (Fsp3) is 0.900. The van der Waals surface area contributed by atoms with Crippen molar-refractivity contribution in [3.05, 3.63) is 0 Å². The molecule has 0 aromatic carbocycles. The van der Waals surface area contributed by atoms with Gasteiger partial charge in [0.1, 0.15) is 0 Å². The highest BCUT2D eigenvalue weighted by Gasteiger charge is 2.27. The molecule has 5 heteroatoms. The van der Waals surface area contributed by atoms with Crippen molar-refractivity contribution in [2.75, 3.05) is 5.75 Å². The Labute approximate surface area is 91.7 Å². The first-order chi connectivity index (χ1) is 6.94. The lowest BCUT2D eigenvalue weighted by molar-refractivity contribution is 0.242. The van der Waals surface area contributed by atoms with Crippen LogP contribution in [0.2, 0.25) is 0 Å². The molecule has 0 amide bonds. The van der Waals surface area contributed by atoms with Crippen molar-refractivity contribution < 1.29 is 8.42 Å². The van der Waals surface area contributed by atoms with Gasteiger partial charge in [-0.2, -0.15) is 5.26 Å². The largest absolute Gasteiger partial charge is 0.225 e. The normalized spacial score (nSPS) is 32.2. The van der Waals surface area contributed by atoms with Crippen molar-refractivity contribution in [2.24, 2.45) is 11.8 Å². The van der Waals surface area contributed by atoms with Crippen molar-refractivity contribution in [1.82, 2.24) is 4.72 Å². The van der Waals surface area contributed by atoms with Crippen molar-refractivity contribution in [3.63, 3.8) is 0 Å². The van der Waals surface area contributed by atoms with E-state index in [0.29, 0.717) is 11.8 Å². The van der Waals surface area contributed by atoms with E-state index in [4.69, 9.17) is 5.26 Å². The molecule has 1 saturated carbocycles. The Morgan fingerprint density at radius 2 is 2.00 bits per heavy atom. The van der Waals surface area contributed by atoms with E-state index in [1.54, 1.807) is 6.07 Å². The number of hydrogen-bond donors (Lipinski definition) is 1. The maximum Gasteiger partial charge on any atom is 0.225 e. The lowest BCUT2D eigenvalue weighted by Crippen LogP contribution is -2.40. The predicted octanol–water partition coefficient (Wildman–Crippen LogP) is 1.25. The first kappa shape index (κ1) is 12.5. The molecule has 0 radical (unpaired) electrons. The number of nitrogens with one attached hydrogen (secondary N) is 1. The van der Waals surface area contributed by atoms with Crippen molar-refractivity contribution in [2.45, 2.75) is 39.2 Å². The Bertz CT molecular complexity index is 345. The molecule has 1 aliphatic rings. The minimum absolute atomic E-state index is 0.0227. The molecule has 3 unspecified atom stereocenters. The van der Waals surface area contributed by atoms with Crippen LogP contribution in [-0.4, -0.2) is 20.2 Å². The van der Waals surface area contributed by atoms with Gasteiger partial charge < -0.3 is 0 Å². The topological polar surface area (TPSA) is 70.0 Å². The van der Waals surface area contributed by atoms with Gasteiger partial charge in [0, 0.05) is 6.04 Å². The highest BCUT2D eigenvalue weighted by atomic mass is 32.2. The highest BCUT2D eigenvalue weighted by molar-refractivity contribution is 7.89. The monoisotopic (exact) mass is 230 g/mol. The highest BCUT2D eigenvalue weighted by Crippen LogP contribution is 2.29. The molecular formula is C10H18N2O2S. The molecule has 0 bridgehead atoms. The molecule has 1 aliphatic carbocycles. The van der Waals surface area contributed by atoms with Gasteiger partial charge in [-0.25, -0.2) is 13.1 Å². The maximum atomic E-state index is 11.4. The summed E-state index contributed by atoms with van der Waals surface area (Å²) in [5, 5.41) is 8.36. The molecule has 86 valence electrons. The van der Waals surface area contributed by atoms with Crippen LogP contribution < -0.4 is 4.72 Å². The molecular weight excluding hydrogens is 212 g/mol. The number of hydrogen-bond acceptors (Lipinski definition) is 3. The Morgan fingerprint density at radius 1 is 1.33 bits per heavy atom. The van der Waals surface area contributed by atoms with Crippen LogP contribution in [0, 0.1) is 23.2 Å². The van der Waals surface area contributed by atoms with Crippen molar-refractivity contribution in [3.8, 4) is 6.07 Å². The molecule has 4 nitrogen and oxygen atoms in total. The Hall–Kier alpha value is -0.600. The molecule has 0 spiro atoms. The third-order valence-corrected chi connectivity index (χ3v) is 4.40. The maximum absolute atomic E-state index is 11.4. The van der Waals surface area contributed by atoms with Crippen molar-refractivity contribution >= 4 is 10.0 Å². The third-order valence-electron chi connectivity index (χ3n) is 3.20. The summed E-state index contributed by atoms with van der Waals surface area (Å²) >= 11 is 0. The van der Waals surface area contributed by atoms with Crippen LogP contribution in [0.3, 0.4) is 0 Å². The molecule has 0 aromatic rings. The van der Waals surface area contributed by atoms with Gasteiger partial charge in [-0.15, -0.1) is 0 Å². The summed E-state index contributed by atoms with van der Waals surface area (Å²) in [6.45, 7) is 4.35. The van der Waals surface area contributed by atoms with Crippen LogP contribution in [0.15, 0.2) is 0 Å². The summed E-state index contributed by atoms with van der Waals surface area (Å²) in [4.78, 5) is 0. The van der Waals surface area contributed by atoms with E-state index in [-0.39, 0.29) is 6.04 Å². The Kier molecular flexibility index (Phi) is 4.12. The average molecular weight is 230 g/mol. The molecule has 1 fully saturated rings. The van der Waals surface area contributed by atoms with E-state index >= 15 is 0 Å². The second-order valence-corrected chi connectivity index (χ2v) is 6.25. The summed E-state index contributed by atoms with van der Waals surface area (Å²) in [5.41, 5.74) is 0. The molecule has 1 N–H and O–H groups in total. The Balaban J connectivity index is 2.51. The number of nitrogens with zero attached hydrogens (tertiary/aromatic N) is 1. The molecule has 3 atom stereocenters. The van der Waals surface area contributed by atoms with Crippen LogP contribution in [0.1, 0.15) is 33.1 Å². The van der Waals surface area contributed by atoms with Gasteiger partial charge in [0.05, 0.1) is 6.07 Å². The second-order valence-electron chi connectivity index (χ2n) is 4.50. The number of rotatable bonds is 3. The Morgan fingerprint density at radius 3 is 2.53 bits per heavy atom. The van der Waals surface area contributed by atoms with E-state index in [9.17, 15) is 8.42 Å². The van der Waals surface area contributed by atoms with Gasteiger partial charge in [0.15, 0.2) is 5.75 Å². The van der Waals surface area contributed by atoms with Gasteiger partial charge >= 0.3 is 0 Å². The predicted molar refractivity (Wildman–Crippen MR) is 58.5 cm³/mol. The molecule has 0 aliphatic heterocycles. The van der Waals surface area contributed by atoms with E-state index in [1.807, 2.05) is 0 Å². The van der Waals surface area contributed by atoms with Crippen LogP contribution in [0.4, 0.5) is 0 Å². The molecule has 0 heterocycles. The van der Waals surface area contributed by atoms with Gasteiger partial charge in [-0.05, 0) is 31.1 Å². The van der Waals surface area contributed by atoms with Crippen LogP contribution in [0.25, 0.3) is 0 Å². The summed E-state index contributed by atoms with van der Waals surface area (Å²) in [7, 11) is -3.38.